The fourth-order valence-electron chi connectivity index (χ4n) is 5.48. The Bertz CT molecular complexity index is 694. The number of carbonyl (C=O) groups is 2. The summed E-state index contributed by atoms with van der Waals surface area (Å²) in [6.07, 6.45) is 8.93. The minimum atomic E-state index is 0.163. The molecule has 2 amide bonds. The Morgan fingerprint density at radius 1 is 0.833 bits per heavy atom. The molecule has 1 aromatic rings. The first kappa shape index (κ1) is 21.4. The van der Waals surface area contributed by atoms with Gasteiger partial charge in [-0.15, -0.1) is 0 Å². The van der Waals surface area contributed by atoms with Gasteiger partial charge in [0.1, 0.15) is 0 Å². The lowest BCUT2D eigenvalue weighted by atomic mass is 9.81. The van der Waals surface area contributed by atoms with E-state index in [1.54, 1.807) is 0 Å². The monoisotopic (exact) mass is 411 g/mol. The molecule has 3 aliphatic heterocycles. The molecule has 3 aliphatic rings. The van der Waals surface area contributed by atoms with Crippen LogP contribution in [0.1, 0.15) is 56.9 Å². The molecule has 4 rings (SSSR count). The van der Waals surface area contributed by atoms with Gasteiger partial charge in [-0.25, -0.2) is 0 Å². The van der Waals surface area contributed by atoms with Gasteiger partial charge in [0, 0.05) is 32.1 Å². The second kappa shape index (κ2) is 10.4. The van der Waals surface area contributed by atoms with Crippen molar-refractivity contribution in [2.75, 3.05) is 39.3 Å². The Hall–Kier alpha value is -1.88. The summed E-state index contributed by atoms with van der Waals surface area (Å²) in [5, 5.41) is 0. The van der Waals surface area contributed by atoms with E-state index in [1.807, 2.05) is 11.0 Å². The number of piperidine rings is 2. The lowest BCUT2D eigenvalue weighted by Gasteiger charge is -2.37. The van der Waals surface area contributed by atoms with Gasteiger partial charge in [0.15, 0.2) is 0 Å². The van der Waals surface area contributed by atoms with E-state index in [0.29, 0.717) is 24.3 Å². The molecular weight excluding hydrogens is 374 g/mol. The highest BCUT2D eigenvalue weighted by atomic mass is 16.2. The van der Waals surface area contributed by atoms with Crippen LogP contribution in [-0.2, 0) is 16.1 Å². The number of nitrogens with zero attached hydrogens (tertiary/aromatic N) is 3. The van der Waals surface area contributed by atoms with Gasteiger partial charge in [0.2, 0.25) is 11.8 Å². The van der Waals surface area contributed by atoms with Crippen molar-refractivity contribution in [3.8, 4) is 0 Å². The summed E-state index contributed by atoms with van der Waals surface area (Å²) in [4.78, 5) is 32.4. The summed E-state index contributed by atoms with van der Waals surface area (Å²) in [5.74, 6) is 1.29. The predicted molar refractivity (Wildman–Crippen MR) is 119 cm³/mol. The number of carbonyl (C=O) groups excluding carboxylic acids is 2. The van der Waals surface area contributed by atoms with E-state index in [4.69, 9.17) is 0 Å². The molecular formula is C25H37N3O2. The largest absolute Gasteiger partial charge is 0.342 e. The van der Waals surface area contributed by atoms with Crippen LogP contribution in [0.2, 0.25) is 0 Å². The van der Waals surface area contributed by atoms with Crippen LogP contribution in [0.25, 0.3) is 0 Å². The Kier molecular flexibility index (Phi) is 7.42. The molecule has 0 N–H and O–H groups in total. The van der Waals surface area contributed by atoms with E-state index in [-0.39, 0.29) is 5.92 Å². The van der Waals surface area contributed by atoms with Gasteiger partial charge < -0.3 is 9.80 Å². The average Bonchev–Trinajstić information content (AvgIpc) is 2.97. The van der Waals surface area contributed by atoms with Crippen LogP contribution in [0.4, 0.5) is 0 Å². The number of amides is 2. The van der Waals surface area contributed by atoms with E-state index in [9.17, 15) is 9.59 Å². The fourth-order valence-corrected chi connectivity index (χ4v) is 5.48. The standard InChI is InChI=1S/C25H37N3O2/c29-24(27-14-6-2-7-15-27)20-26-17-12-22(13-18-26)23-11-5-8-16-28(25(23)30)19-21-9-3-1-4-10-21/h1,3-4,9-10,22-23H,2,5-8,11-20H2. The molecule has 1 aromatic carbocycles. The lowest BCUT2D eigenvalue weighted by Crippen LogP contribution is -2.46. The van der Waals surface area contributed by atoms with E-state index >= 15 is 0 Å². The molecule has 0 radical (unpaired) electrons. The highest BCUT2D eigenvalue weighted by molar-refractivity contribution is 5.79. The lowest BCUT2D eigenvalue weighted by molar-refractivity contribution is -0.139. The van der Waals surface area contributed by atoms with E-state index in [1.165, 1.54) is 12.0 Å². The molecule has 3 heterocycles. The first-order chi connectivity index (χ1) is 14.7. The molecule has 3 saturated heterocycles. The van der Waals surface area contributed by atoms with E-state index < -0.39 is 0 Å². The smallest absolute Gasteiger partial charge is 0.236 e. The second-order valence-corrected chi connectivity index (χ2v) is 9.40. The molecule has 164 valence electrons. The van der Waals surface area contributed by atoms with Crippen LogP contribution in [-0.4, -0.2) is 65.8 Å². The van der Waals surface area contributed by atoms with Gasteiger partial charge in [0.05, 0.1) is 6.54 Å². The summed E-state index contributed by atoms with van der Waals surface area (Å²) in [6.45, 7) is 5.95. The topological polar surface area (TPSA) is 43.9 Å². The number of hydrogen-bond donors (Lipinski definition) is 0. The van der Waals surface area contributed by atoms with Gasteiger partial charge >= 0.3 is 0 Å². The van der Waals surface area contributed by atoms with Crippen LogP contribution in [0.5, 0.6) is 0 Å². The number of rotatable bonds is 5. The Morgan fingerprint density at radius 2 is 1.53 bits per heavy atom. The molecule has 0 saturated carbocycles. The Morgan fingerprint density at radius 3 is 2.27 bits per heavy atom. The molecule has 5 heteroatoms. The highest BCUT2D eigenvalue weighted by Crippen LogP contribution is 2.32. The number of hydrogen-bond acceptors (Lipinski definition) is 3. The molecule has 0 aromatic heterocycles. The summed E-state index contributed by atoms with van der Waals surface area (Å²) in [5.41, 5.74) is 1.22. The van der Waals surface area contributed by atoms with Crippen molar-refractivity contribution < 1.29 is 9.59 Å². The van der Waals surface area contributed by atoms with Crippen molar-refractivity contribution in [3.05, 3.63) is 35.9 Å². The zero-order valence-corrected chi connectivity index (χ0v) is 18.3. The first-order valence-electron chi connectivity index (χ1n) is 12.0. The third-order valence-electron chi connectivity index (χ3n) is 7.31. The molecule has 1 atom stereocenters. The summed E-state index contributed by atoms with van der Waals surface area (Å²) >= 11 is 0. The normalized spacial score (nSPS) is 24.7. The van der Waals surface area contributed by atoms with Crippen molar-refractivity contribution in [3.63, 3.8) is 0 Å². The van der Waals surface area contributed by atoms with Crippen LogP contribution >= 0.6 is 0 Å². The third kappa shape index (κ3) is 5.42. The van der Waals surface area contributed by atoms with Crippen molar-refractivity contribution in [1.29, 1.82) is 0 Å². The van der Waals surface area contributed by atoms with Crippen molar-refractivity contribution in [2.45, 2.75) is 57.9 Å². The predicted octanol–water partition coefficient (Wildman–Crippen LogP) is 3.54. The molecule has 0 spiro atoms. The maximum absolute atomic E-state index is 13.4. The van der Waals surface area contributed by atoms with Gasteiger partial charge in [-0.1, -0.05) is 36.8 Å². The molecule has 30 heavy (non-hydrogen) atoms. The molecule has 0 aliphatic carbocycles. The van der Waals surface area contributed by atoms with Gasteiger partial charge in [-0.3, -0.25) is 14.5 Å². The van der Waals surface area contributed by atoms with Gasteiger partial charge in [-0.05, 0) is 69.5 Å². The third-order valence-corrected chi connectivity index (χ3v) is 7.31. The molecule has 1 unspecified atom stereocenters. The average molecular weight is 412 g/mol. The molecule has 3 fully saturated rings. The van der Waals surface area contributed by atoms with Crippen LogP contribution < -0.4 is 0 Å². The number of likely N-dealkylation sites (tertiary alicyclic amines) is 3. The summed E-state index contributed by atoms with van der Waals surface area (Å²) in [7, 11) is 0. The van der Waals surface area contributed by atoms with Crippen molar-refractivity contribution in [2.24, 2.45) is 11.8 Å². The quantitative estimate of drug-likeness (QED) is 0.744. The minimum absolute atomic E-state index is 0.163. The van der Waals surface area contributed by atoms with Crippen molar-refractivity contribution in [1.82, 2.24) is 14.7 Å². The van der Waals surface area contributed by atoms with Gasteiger partial charge in [-0.2, -0.15) is 0 Å². The minimum Gasteiger partial charge on any atom is -0.342 e. The van der Waals surface area contributed by atoms with E-state index in [2.05, 4.69) is 34.1 Å². The fraction of sp³-hybridized carbons (Fsp3) is 0.680. The van der Waals surface area contributed by atoms with Crippen LogP contribution in [0.15, 0.2) is 30.3 Å². The summed E-state index contributed by atoms with van der Waals surface area (Å²) < 4.78 is 0. The number of benzene rings is 1. The highest BCUT2D eigenvalue weighted by Gasteiger charge is 2.35. The van der Waals surface area contributed by atoms with Crippen LogP contribution in [0.3, 0.4) is 0 Å². The van der Waals surface area contributed by atoms with Crippen LogP contribution in [0, 0.1) is 11.8 Å². The first-order valence-corrected chi connectivity index (χ1v) is 12.0. The zero-order chi connectivity index (χ0) is 20.8. The van der Waals surface area contributed by atoms with E-state index in [0.717, 1.165) is 84.2 Å². The van der Waals surface area contributed by atoms with Gasteiger partial charge in [0.25, 0.3) is 0 Å². The second-order valence-electron chi connectivity index (χ2n) is 9.40. The molecule has 5 nitrogen and oxygen atoms in total. The Labute approximate surface area is 181 Å². The summed E-state index contributed by atoms with van der Waals surface area (Å²) in [6, 6.07) is 10.4. The zero-order valence-electron chi connectivity index (χ0n) is 18.3. The SMILES string of the molecule is O=C(CN1CCC(C2CCCCN(Cc3ccccc3)C2=O)CC1)N1CCCCC1. The Balaban J connectivity index is 1.29. The molecule has 0 bridgehead atoms. The maximum Gasteiger partial charge on any atom is 0.236 e. The van der Waals surface area contributed by atoms with Crippen molar-refractivity contribution >= 4 is 11.8 Å². The maximum atomic E-state index is 13.4.